The van der Waals surface area contributed by atoms with Crippen LogP contribution in [0.5, 0.6) is 0 Å². The van der Waals surface area contributed by atoms with Crippen LogP contribution in [-0.4, -0.2) is 53.4 Å². The first-order chi connectivity index (χ1) is 13.5. The van der Waals surface area contributed by atoms with Crippen LogP contribution in [0.2, 0.25) is 0 Å². The maximum Gasteiger partial charge on any atom is 0.265 e. The molecule has 2 aromatic rings. The summed E-state index contributed by atoms with van der Waals surface area (Å²) >= 11 is 1.54. The Morgan fingerprint density at radius 1 is 1.14 bits per heavy atom. The minimum Gasteiger partial charge on any atom is -0.337 e. The normalized spacial score (nSPS) is 22.9. The minimum atomic E-state index is 0.196. The molecule has 5 heteroatoms. The Kier molecular flexibility index (Phi) is 5.83. The number of carbonyl (C=O) groups is 1. The van der Waals surface area contributed by atoms with Gasteiger partial charge in [-0.25, -0.2) is 4.98 Å². The lowest BCUT2D eigenvalue weighted by Crippen LogP contribution is -2.45. The van der Waals surface area contributed by atoms with Crippen LogP contribution in [0.3, 0.4) is 0 Å². The summed E-state index contributed by atoms with van der Waals surface area (Å²) in [5, 5.41) is 0.983. The fourth-order valence-electron chi connectivity index (χ4n) is 4.97. The number of aryl methyl sites for hydroxylation is 3. The van der Waals surface area contributed by atoms with Crippen LogP contribution in [0.1, 0.15) is 51.6 Å². The Labute approximate surface area is 172 Å². The van der Waals surface area contributed by atoms with Gasteiger partial charge in [-0.1, -0.05) is 30.3 Å². The summed E-state index contributed by atoms with van der Waals surface area (Å²) in [5.74, 6) is 0.196. The van der Waals surface area contributed by atoms with Gasteiger partial charge < -0.3 is 9.80 Å². The van der Waals surface area contributed by atoms with E-state index in [1.165, 1.54) is 31.4 Å². The number of hydrogen-bond acceptors (Lipinski definition) is 4. The van der Waals surface area contributed by atoms with Crippen molar-refractivity contribution < 1.29 is 4.79 Å². The lowest BCUT2D eigenvalue weighted by atomic mass is 9.79. The number of hydrogen-bond donors (Lipinski definition) is 0. The monoisotopic (exact) mass is 397 g/mol. The topological polar surface area (TPSA) is 36.4 Å². The molecular formula is C23H31N3OS. The highest BCUT2D eigenvalue weighted by atomic mass is 32.1. The van der Waals surface area contributed by atoms with Crippen LogP contribution in [0.15, 0.2) is 30.3 Å². The summed E-state index contributed by atoms with van der Waals surface area (Å²) in [4.78, 5) is 23.0. The van der Waals surface area contributed by atoms with Gasteiger partial charge in [-0.2, -0.15) is 0 Å². The zero-order valence-electron chi connectivity index (χ0n) is 17.1. The summed E-state index contributed by atoms with van der Waals surface area (Å²) in [6.45, 7) is 9.26. The van der Waals surface area contributed by atoms with E-state index in [-0.39, 0.29) is 5.91 Å². The number of aromatic nitrogens is 1. The number of amides is 1. The van der Waals surface area contributed by atoms with Gasteiger partial charge in [0.25, 0.3) is 5.91 Å². The Balaban J connectivity index is 1.32. The van der Waals surface area contributed by atoms with Crippen molar-refractivity contribution in [1.29, 1.82) is 0 Å². The molecule has 28 heavy (non-hydrogen) atoms. The van der Waals surface area contributed by atoms with Crippen molar-refractivity contribution in [3.05, 3.63) is 51.5 Å². The van der Waals surface area contributed by atoms with Gasteiger partial charge in [0.15, 0.2) is 0 Å². The van der Waals surface area contributed by atoms with Crippen LogP contribution in [0.4, 0.5) is 0 Å². The van der Waals surface area contributed by atoms with E-state index >= 15 is 0 Å². The third kappa shape index (κ3) is 4.31. The van der Waals surface area contributed by atoms with Crippen molar-refractivity contribution in [1.82, 2.24) is 14.8 Å². The average Bonchev–Trinajstić information content (AvgIpc) is 3.25. The van der Waals surface area contributed by atoms with E-state index in [1.807, 2.05) is 13.8 Å². The minimum absolute atomic E-state index is 0.196. The van der Waals surface area contributed by atoms with Gasteiger partial charge in [0.1, 0.15) is 4.88 Å². The summed E-state index contributed by atoms with van der Waals surface area (Å²) in [6, 6.07) is 10.8. The number of thiazole rings is 1. The van der Waals surface area contributed by atoms with Gasteiger partial charge in [-0.15, -0.1) is 11.3 Å². The maximum absolute atomic E-state index is 13.0. The highest BCUT2D eigenvalue weighted by Gasteiger charge is 2.43. The quantitative estimate of drug-likeness (QED) is 0.754. The Morgan fingerprint density at radius 2 is 1.96 bits per heavy atom. The molecule has 150 valence electrons. The zero-order valence-corrected chi connectivity index (χ0v) is 17.9. The van der Waals surface area contributed by atoms with E-state index in [4.69, 9.17) is 0 Å². The Morgan fingerprint density at radius 3 is 2.71 bits per heavy atom. The van der Waals surface area contributed by atoms with Crippen molar-refractivity contribution in [2.45, 2.75) is 46.0 Å². The molecule has 0 bridgehead atoms. The molecule has 0 radical (unpaired) electrons. The second-order valence-electron chi connectivity index (χ2n) is 8.59. The molecule has 0 N–H and O–H groups in total. The molecular weight excluding hydrogens is 366 g/mol. The predicted octanol–water partition coefficient (Wildman–Crippen LogP) is 4.32. The summed E-state index contributed by atoms with van der Waals surface area (Å²) in [5.41, 5.74) is 2.62. The summed E-state index contributed by atoms with van der Waals surface area (Å²) in [7, 11) is 0. The van der Waals surface area contributed by atoms with E-state index < -0.39 is 0 Å². The van der Waals surface area contributed by atoms with Crippen molar-refractivity contribution in [3.63, 3.8) is 0 Å². The number of rotatable bonds is 5. The van der Waals surface area contributed by atoms with E-state index in [0.717, 1.165) is 54.6 Å². The standard InChI is InChI=1S/C23H31N3OS/c1-18-21(28-19(2)24-18)22(27)26-15-12-23(17-26)11-7-14-25(16-23)13-6-10-20-8-4-3-5-9-20/h3-5,8-9H,6-7,10-17H2,1-2H3/t23-/m1/s1. The lowest BCUT2D eigenvalue weighted by molar-refractivity contribution is 0.0691. The molecule has 1 amide bonds. The number of benzene rings is 1. The van der Waals surface area contributed by atoms with Crippen LogP contribution in [0, 0.1) is 19.3 Å². The van der Waals surface area contributed by atoms with Gasteiger partial charge in [0, 0.05) is 25.0 Å². The molecule has 2 saturated heterocycles. The second kappa shape index (κ2) is 8.34. The number of carbonyl (C=O) groups excluding carboxylic acids is 1. The number of likely N-dealkylation sites (tertiary alicyclic amines) is 2. The van der Waals surface area contributed by atoms with Gasteiger partial charge in [-0.3, -0.25) is 4.79 Å². The van der Waals surface area contributed by atoms with Crippen molar-refractivity contribution in [2.75, 3.05) is 32.7 Å². The highest BCUT2D eigenvalue weighted by molar-refractivity contribution is 7.13. The van der Waals surface area contributed by atoms with Gasteiger partial charge in [0.05, 0.1) is 10.7 Å². The molecule has 2 aliphatic heterocycles. The smallest absolute Gasteiger partial charge is 0.265 e. The highest BCUT2D eigenvalue weighted by Crippen LogP contribution is 2.40. The molecule has 0 aliphatic carbocycles. The van der Waals surface area contributed by atoms with Crippen molar-refractivity contribution >= 4 is 17.2 Å². The number of piperidine rings is 1. The fraction of sp³-hybridized carbons (Fsp3) is 0.565. The first-order valence-electron chi connectivity index (χ1n) is 10.5. The molecule has 1 atom stereocenters. The molecule has 0 saturated carbocycles. The van der Waals surface area contributed by atoms with Crippen LogP contribution < -0.4 is 0 Å². The van der Waals surface area contributed by atoms with Crippen molar-refractivity contribution in [2.24, 2.45) is 5.41 Å². The molecule has 1 spiro atoms. The third-order valence-electron chi connectivity index (χ3n) is 6.35. The molecule has 0 unspecified atom stereocenters. The average molecular weight is 398 g/mol. The SMILES string of the molecule is Cc1nc(C)c(C(=O)N2CC[C@@]3(CCCN(CCCc4ccccc4)C3)C2)s1. The predicted molar refractivity (Wildman–Crippen MR) is 115 cm³/mol. The Hall–Kier alpha value is -1.72. The summed E-state index contributed by atoms with van der Waals surface area (Å²) < 4.78 is 0. The van der Waals surface area contributed by atoms with E-state index in [9.17, 15) is 4.79 Å². The van der Waals surface area contributed by atoms with Crippen LogP contribution in [-0.2, 0) is 6.42 Å². The molecule has 1 aromatic carbocycles. The van der Waals surface area contributed by atoms with Gasteiger partial charge in [0.2, 0.25) is 0 Å². The molecule has 2 fully saturated rings. The van der Waals surface area contributed by atoms with E-state index in [2.05, 4.69) is 45.1 Å². The zero-order chi connectivity index (χ0) is 19.6. The second-order valence-corrected chi connectivity index (χ2v) is 9.80. The summed E-state index contributed by atoms with van der Waals surface area (Å²) in [6.07, 6.45) is 6.02. The van der Waals surface area contributed by atoms with Crippen molar-refractivity contribution in [3.8, 4) is 0 Å². The lowest BCUT2D eigenvalue weighted by Gasteiger charge is -2.40. The molecule has 2 aliphatic rings. The fourth-order valence-corrected chi connectivity index (χ4v) is 5.86. The molecule has 3 heterocycles. The molecule has 1 aromatic heterocycles. The van der Waals surface area contributed by atoms with Gasteiger partial charge >= 0.3 is 0 Å². The van der Waals surface area contributed by atoms with Crippen LogP contribution >= 0.6 is 11.3 Å². The third-order valence-corrected chi connectivity index (χ3v) is 7.41. The van der Waals surface area contributed by atoms with Gasteiger partial charge in [-0.05, 0) is 64.6 Å². The van der Waals surface area contributed by atoms with E-state index in [0.29, 0.717) is 5.41 Å². The first kappa shape index (κ1) is 19.6. The number of nitrogens with zero attached hydrogens (tertiary/aromatic N) is 3. The van der Waals surface area contributed by atoms with E-state index in [1.54, 1.807) is 11.3 Å². The molecule has 4 nitrogen and oxygen atoms in total. The maximum atomic E-state index is 13.0. The first-order valence-corrected chi connectivity index (χ1v) is 11.4. The largest absolute Gasteiger partial charge is 0.337 e. The van der Waals surface area contributed by atoms with Crippen LogP contribution in [0.25, 0.3) is 0 Å². The molecule has 4 rings (SSSR count). The Bertz CT molecular complexity index is 819.